The number of H-pyrrole nitrogens is 1. The standard InChI is InChI=1S/C12H16ClN5O.C10H12ClN5O3.C7H13ClO.C5H4ClN5.C5H3ClN5.2CH4.Na/c1-3-7-6(2)4-8(19-7)18-5-15-9-10(14)16-12(13)17-11(9)18;11-10-14-8(12)7-9(15-10)16(3-13-7)6-1-4(18)5(2-17)19-6;1-3-6-5(2)4-7(8)9-6;2*6-5-10-3(7)2-4(11-5)9-1-8-2;;;/h5-8H,3-4H2,1-2H3,(H2,14,16,17);3-6,17-18H,1-2H2,(H2,12,14,15);5-7H,3-4H2,1-2H3;1H,(H3,7,8,9,10,11);1H,(H2-,7,8,9,10,11);2*1H4;/q;;;;-1;;;+1/t6-,7-,8-;4-,5-,6-;5-,6-,7+;;;;;/m111...../s1. The Balaban J connectivity index is 0.000000199. The summed E-state index contributed by atoms with van der Waals surface area (Å²) in [4.78, 5) is 53.7. The second-order valence-electron chi connectivity index (χ2n) is 15.9. The summed E-state index contributed by atoms with van der Waals surface area (Å²) in [5.41, 5.74) is 26.5. The van der Waals surface area contributed by atoms with E-state index in [1.165, 1.54) is 19.0 Å². The van der Waals surface area contributed by atoms with E-state index in [1.54, 1.807) is 10.9 Å². The van der Waals surface area contributed by atoms with Crippen LogP contribution in [0.25, 0.3) is 44.7 Å². The maximum Gasteiger partial charge on any atom is 1.00 e. The number of nitrogens with two attached hydrogens (primary N) is 4. The van der Waals surface area contributed by atoms with E-state index < -0.39 is 18.4 Å². The molecule has 72 heavy (non-hydrogen) atoms. The summed E-state index contributed by atoms with van der Waals surface area (Å²) in [7, 11) is 0. The maximum absolute atomic E-state index is 9.74. The number of aromatic nitrogens is 16. The number of nitrogens with one attached hydrogen (secondary N) is 1. The molecule has 11 rings (SSSR count). The number of alkyl halides is 1. The molecule has 0 aromatic carbocycles. The fourth-order valence-corrected chi connectivity index (χ4v) is 8.87. The summed E-state index contributed by atoms with van der Waals surface area (Å²) in [5.74, 6) is 2.23. The van der Waals surface area contributed by atoms with Crippen LogP contribution in [0.5, 0.6) is 0 Å². The molecule has 0 saturated carbocycles. The monoisotopic (exact) mass is 1110 g/mol. The molecular formula is C41H56Cl5N20NaO5. The third-order valence-electron chi connectivity index (χ3n) is 11.2. The first kappa shape index (κ1) is 60.2. The van der Waals surface area contributed by atoms with Crippen LogP contribution >= 0.6 is 58.0 Å². The quantitative estimate of drug-likeness (QED) is 0.0735. The van der Waals surface area contributed by atoms with Crippen molar-refractivity contribution in [2.45, 2.75) is 117 Å². The van der Waals surface area contributed by atoms with Gasteiger partial charge in [0.2, 0.25) is 15.9 Å². The van der Waals surface area contributed by atoms with Crippen LogP contribution in [-0.4, -0.2) is 121 Å². The Kier molecular flexibility index (Phi) is 22.4. The van der Waals surface area contributed by atoms with E-state index in [4.69, 9.17) is 100 Å². The largest absolute Gasteiger partial charge is 1.00 e. The zero-order chi connectivity index (χ0) is 49.7. The molecule has 0 amide bonds. The van der Waals surface area contributed by atoms with Gasteiger partial charge in [-0.05, 0) is 78.6 Å². The second kappa shape index (κ2) is 26.7. The maximum atomic E-state index is 9.74. The number of aliphatic hydroxyl groups excluding tert-OH is 2. The first-order valence-electron chi connectivity index (χ1n) is 21.4. The summed E-state index contributed by atoms with van der Waals surface area (Å²) in [6, 6.07) is 0. The molecule has 11 N–H and O–H groups in total. The molecule has 3 aliphatic rings. The first-order valence-corrected chi connectivity index (χ1v) is 23.3. The predicted octanol–water partition coefficient (Wildman–Crippen LogP) is 3.57. The number of halogens is 5. The van der Waals surface area contributed by atoms with E-state index in [-0.39, 0.29) is 102 Å². The van der Waals surface area contributed by atoms with Crippen molar-refractivity contribution in [2.75, 3.05) is 29.5 Å². The van der Waals surface area contributed by atoms with E-state index in [0.29, 0.717) is 80.7 Å². The van der Waals surface area contributed by atoms with Crippen molar-refractivity contribution in [2.24, 2.45) is 11.8 Å². The van der Waals surface area contributed by atoms with Crippen molar-refractivity contribution in [1.29, 1.82) is 0 Å². The molecule has 0 spiro atoms. The van der Waals surface area contributed by atoms with Gasteiger partial charge in [0.05, 0.1) is 43.9 Å². The Morgan fingerprint density at radius 2 is 1.14 bits per heavy atom. The topological polar surface area (TPSA) is 367 Å². The number of aliphatic hydroxyl groups is 2. The average molecular weight is 1110 g/mol. The Bertz CT molecular complexity index is 2820. The molecule has 0 aliphatic carbocycles. The van der Waals surface area contributed by atoms with Gasteiger partial charge in [-0.2, -0.15) is 29.9 Å². The molecule has 0 radical (unpaired) electrons. The van der Waals surface area contributed by atoms with Gasteiger partial charge in [-0.1, -0.05) is 65.8 Å². The van der Waals surface area contributed by atoms with E-state index in [1.807, 2.05) is 4.57 Å². The van der Waals surface area contributed by atoms with Crippen LogP contribution in [0.2, 0.25) is 21.1 Å². The fourth-order valence-electron chi connectivity index (χ4n) is 7.77. The molecule has 25 nitrogen and oxygen atoms in total. The minimum absolute atomic E-state index is 0. The Morgan fingerprint density at radius 1 is 0.653 bits per heavy atom. The molecule has 3 saturated heterocycles. The normalized spacial score (nSPS) is 23.1. The summed E-state index contributed by atoms with van der Waals surface area (Å²) < 4.78 is 20.5. The number of nitrogen functional groups attached to an aromatic ring is 4. The van der Waals surface area contributed by atoms with Crippen LogP contribution in [-0.2, 0) is 14.2 Å². The molecule has 8 aromatic rings. The van der Waals surface area contributed by atoms with Gasteiger partial charge in [0, 0.05) is 17.6 Å². The molecule has 31 heteroatoms. The summed E-state index contributed by atoms with van der Waals surface area (Å²) in [6.45, 7) is 8.41. The predicted molar refractivity (Wildman–Crippen MR) is 272 cm³/mol. The van der Waals surface area contributed by atoms with Crippen LogP contribution in [0.15, 0.2) is 25.3 Å². The average Bonchev–Trinajstić information content (AvgIpc) is 4.16. The van der Waals surface area contributed by atoms with Gasteiger partial charge >= 0.3 is 29.6 Å². The number of hydrogen-bond donors (Lipinski definition) is 7. The second-order valence-corrected chi connectivity index (χ2v) is 17.7. The molecule has 11 heterocycles. The van der Waals surface area contributed by atoms with Crippen LogP contribution in [0.1, 0.15) is 87.1 Å². The van der Waals surface area contributed by atoms with Gasteiger partial charge in [0.15, 0.2) is 39.7 Å². The number of fused-ring (bicyclic) bond motifs is 4. The van der Waals surface area contributed by atoms with Gasteiger partial charge in [-0.15, -0.1) is 0 Å². The van der Waals surface area contributed by atoms with Crippen molar-refractivity contribution in [3.8, 4) is 0 Å². The Hall–Kier alpha value is -4.35. The van der Waals surface area contributed by atoms with E-state index in [9.17, 15) is 5.11 Å². The van der Waals surface area contributed by atoms with Crippen LogP contribution in [0, 0.1) is 11.8 Å². The van der Waals surface area contributed by atoms with Gasteiger partial charge < -0.3 is 67.3 Å². The number of hydrogen-bond acceptors (Lipinski definition) is 21. The first-order chi connectivity index (χ1) is 33.0. The van der Waals surface area contributed by atoms with Crippen LogP contribution in [0.4, 0.5) is 23.3 Å². The van der Waals surface area contributed by atoms with E-state index in [0.717, 1.165) is 25.7 Å². The van der Waals surface area contributed by atoms with Gasteiger partial charge in [-0.25, -0.2) is 19.9 Å². The summed E-state index contributed by atoms with van der Waals surface area (Å²) in [6.07, 6.45) is 9.24. The minimum Gasteiger partial charge on any atom is -0.394 e. The van der Waals surface area contributed by atoms with Crippen LogP contribution in [0.3, 0.4) is 0 Å². The third-order valence-corrected chi connectivity index (χ3v) is 12.2. The van der Waals surface area contributed by atoms with Crippen molar-refractivity contribution in [3.05, 3.63) is 46.4 Å². The van der Waals surface area contributed by atoms with Crippen molar-refractivity contribution < 1.29 is 54.0 Å². The molecule has 9 atom stereocenters. The number of anilines is 4. The van der Waals surface area contributed by atoms with Gasteiger partial charge in [0.1, 0.15) is 46.5 Å². The smallest absolute Gasteiger partial charge is 0.394 e. The fraction of sp³-hybridized carbons (Fsp3) is 0.512. The molecular weight excluding hydrogens is 1050 g/mol. The third kappa shape index (κ3) is 14.1. The van der Waals surface area contributed by atoms with Crippen molar-refractivity contribution in [3.63, 3.8) is 0 Å². The number of aromatic amines is 1. The number of ether oxygens (including phenoxy) is 3. The van der Waals surface area contributed by atoms with Crippen LogP contribution < -0.4 is 57.5 Å². The van der Waals surface area contributed by atoms with E-state index in [2.05, 4.69) is 97.5 Å². The number of nitrogens with zero attached hydrogens (tertiary/aromatic N) is 15. The Morgan fingerprint density at radius 3 is 1.64 bits per heavy atom. The van der Waals surface area contributed by atoms with Gasteiger partial charge in [0.25, 0.3) is 0 Å². The molecule has 0 unspecified atom stereocenters. The number of imidazole rings is 4. The van der Waals surface area contributed by atoms with Crippen molar-refractivity contribution in [1.82, 2.24) is 78.9 Å². The zero-order valence-electron chi connectivity index (χ0n) is 38.3. The number of rotatable bonds is 5. The minimum atomic E-state index is -0.734. The summed E-state index contributed by atoms with van der Waals surface area (Å²) >= 11 is 28.4. The van der Waals surface area contributed by atoms with E-state index >= 15 is 0 Å². The molecule has 386 valence electrons. The Labute approximate surface area is 460 Å². The zero-order valence-corrected chi connectivity index (χ0v) is 44.1. The molecule has 3 fully saturated rings. The molecule has 0 bridgehead atoms. The van der Waals surface area contributed by atoms with Crippen molar-refractivity contribution >= 4 is 126 Å². The molecule has 3 aliphatic heterocycles. The summed E-state index contributed by atoms with van der Waals surface area (Å²) in [5, 5.41) is 19.2. The SMILES string of the molecule is C.C.CC[C@H]1O[C@@H](n2cnc3c(N)nc(Cl)nc32)C[C@H]1C.CC[C@H]1O[C@H](Cl)C[C@H]1C.Nc1nc(Cl)nc2[n-]cnc12.Nc1nc(Cl)nc2c1ncn2[C@H]1C[C@@H](O)[C@@H](CO)O1.Nc1nc(Cl)nc2nc[nH]c12.[Na+]. The molecule has 8 aromatic heterocycles. The van der Waals surface area contributed by atoms with Gasteiger partial charge in [-0.3, -0.25) is 9.13 Å².